The fourth-order valence-electron chi connectivity index (χ4n) is 9.91. The molecule has 2 heterocycles. The Morgan fingerprint density at radius 3 is 1.62 bits per heavy atom. The zero-order valence-electron chi connectivity index (χ0n) is 35.6. The van der Waals surface area contributed by atoms with E-state index in [1.807, 2.05) is 0 Å². The molecule has 0 fully saturated rings. The standard InChI is InChI=1S/C61H42N2S/c1-61(2)53-30-14-12-28-48(53)52-36-45(32-33-54(52)61)51-38-47(39-18-6-3-7-19-39)37-50(56(51)40-20-8-4-9-21-40)44-26-16-24-42(34-44)43-25-17-27-46(35-43)60-62-57(41-22-10-5-11-23-41)59-58(63-60)49-29-13-15-31-55(49)64-59/h3-38H,1-2H3. The van der Waals surface area contributed by atoms with Crippen LogP contribution >= 0.6 is 11.3 Å². The first kappa shape index (κ1) is 38.0. The van der Waals surface area contributed by atoms with Gasteiger partial charge in [-0.1, -0.05) is 196 Å². The van der Waals surface area contributed by atoms with Crippen LogP contribution in [-0.4, -0.2) is 9.97 Å². The average Bonchev–Trinajstić information content (AvgIpc) is 3.85. The summed E-state index contributed by atoms with van der Waals surface area (Å²) in [4.78, 5) is 10.6. The second-order valence-corrected chi connectivity index (χ2v) is 18.4. The van der Waals surface area contributed by atoms with Crippen molar-refractivity contribution in [2.75, 3.05) is 0 Å². The summed E-state index contributed by atoms with van der Waals surface area (Å²) in [6.07, 6.45) is 0. The molecule has 0 atom stereocenters. The summed E-state index contributed by atoms with van der Waals surface area (Å²) in [5.74, 6) is 0.722. The van der Waals surface area contributed by atoms with Crippen molar-refractivity contribution in [1.29, 1.82) is 0 Å². The van der Waals surface area contributed by atoms with Gasteiger partial charge in [0.15, 0.2) is 5.82 Å². The van der Waals surface area contributed by atoms with Gasteiger partial charge < -0.3 is 0 Å². The zero-order chi connectivity index (χ0) is 42.8. The van der Waals surface area contributed by atoms with E-state index in [0.717, 1.165) is 54.9 Å². The molecule has 1 aliphatic carbocycles. The molecule has 2 aromatic heterocycles. The smallest absolute Gasteiger partial charge is 0.160 e. The lowest BCUT2D eigenvalue weighted by Crippen LogP contribution is -2.14. The Labute approximate surface area is 377 Å². The lowest BCUT2D eigenvalue weighted by atomic mass is 9.81. The molecule has 0 saturated carbocycles. The van der Waals surface area contributed by atoms with Crippen LogP contribution < -0.4 is 0 Å². The van der Waals surface area contributed by atoms with Crippen molar-refractivity contribution in [2.45, 2.75) is 19.3 Å². The van der Waals surface area contributed by atoms with Crippen molar-refractivity contribution in [3.8, 4) is 89.4 Å². The summed E-state index contributed by atoms with van der Waals surface area (Å²) in [7, 11) is 0. The van der Waals surface area contributed by atoms with Gasteiger partial charge in [-0.25, -0.2) is 9.97 Å². The quantitative estimate of drug-likeness (QED) is 0.160. The number of benzene rings is 9. The Morgan fingerprint density at radius 1 is 0.359 bits per heavy atom. The van der Waals surface area contributed by atoms with Crippen LogP contribution in [0.4, 0.5) is 0 Å². The Hall–Kier alpha value is -7.72. The van der Waals surface area contributed by atoms with E-state index in [1.54, 1.807) is 11.3 Å². The molecule has 0 saturated heterocycles. The van der Waals surface area contributed by atoms with Crippen LogP contribution in [0.25, 0.3) is 110 Å². The molecule has 12 rings (SSSR count). The van der Waals surface area contributed by atoms with Crippen molar-refractivity contribution in [3.05, 3.63) is 230 Å². The third-order valence-corrected chi connectivity index (χ3v) is 14.3. The molecule has 0 spiro atoms. The number of hydrogen-bond donors (Lipinski definition) is 0. The highest BCUT2D eigenvalue weighted by molar-refractivity contribution is 7.26. The lowest BCUT2D eigenvalue weighted by Gasteiger charge is -2.22. The number of rotatable bonds is 7. The predicted octanol–water partition coefficient (Wildman–Crippen LogP) is 16.8. The van der Waals surface area contributed by atoms with E-state index >= 15 is 0 Å². The van der Waals surface area contributed by atoms with Gasteiger partial charge in [0, 0.05) is 26.6 Å². The van der Waals surface area contributed by atoms with Gasteiger partial charge >= 0.3 is 0 Å². The molecule has 9 aromatic carbocycles. The first-order valence-corrected chi connectivity index (χ1v) is 22.8. The van der Waals surface area contributed by atoms with E-state index in [2.05, 4.69) is 232 Å². The fraction of sp³-hybridized carbons (Fsp3) is 0.0492. The molecular formula is C61H42N2S. The monoisotopic (exact) mass is 834 g/mol. The van der Waals surface area contributed by atoms with Gasteiger partial charge in [0.25, 0.3) is 0 Å². The van der Waals surface area contributed by atoms with Crippen LogP contribution in [0.5, 0.6) is 0 Å². The number of thiophene rings is 1. The van der Waals surface area contributed by atoms with Gasteiger partial charge in [0.1, 0.15) is 0 Å². The van der Waals surface area contributed by atoms with Crippen molar-refractivity contribution in [2.24, 2.45) is 0 Å². The third kappa shape index (κ3) is 6.39. The van der Waals surface area contributed by atoms with E-state index in [1.165, 1.54) is 65.9 Å². The Bertz CT molecular complexity index is 3570. The van der Waals surface area contributed by atoms with E-state index in [0.29, 0.717) is 0 Å². The summed E-state index contributed by atoms with van der Waals surface area (Å²) < 4.78 is 2.33. The van der Waals surface area contributed by atoms with Crippen LogP contribution in [0.3, 0.4) is 0 Å². The van der Waals surface area contributed by atoms with Crippen LogP contribution in [0.15, 0.2) is 218 Å². The van der Waals surface area contributed by atoms with Gasteiger partial charge in [0.2, 0.25) is 0 Å². The van der Waals surface area contributed by atoms with Gasteiger partial charge in [0.05, 0.1) is 15.9 Å². The fourth-order valence-corrected chi connectivity index (χ4v) is 11.1. The van der Waals surface area contributed by atoms with Crippen molar-refractivity contribution >= 4 is 31.6 Å². The highest BCUT2D eigenvalue weighted by atomic mass is 32.1. The van der Waals surface area contributed by atoms with E-state index in [-0.39, 0.29) is 5.41 Å². The lowest BCUT2D eigenvalue weighted by molar-refractivity contribution is 0.660. The van der Waals surface area contributed by atoms with Crippen LogP contribution in [-0.2, 0) is 5.41 Å². The minimum Gasteiger partial charge on any atom is -0.226 e. The Morgan fingerprint density at radius 2 is 0.891 bits per heavy atom. The molecule has 0 aliphatic heterocycles. The van der Waals surface area contributed by atoms with E-state index < -0.39 is 0 Å². The van der Waals surface area contributed by atoms with Gasteiger partial charge in [-0.05, 0) is 114 Å². The molecule has 64 heavy (non-hydrogen) atoms. The maximum atomic E-state index is 5.30. The highest BCUT2D eigenvalue weighted by Crippen LogP contribution is 2.51. The number of nitrogens with zero attached hydrogens (tertiary/aromatic N) is 2. The van der Waals surface area contributed by atoms with Crippen LogP contribution in [0.2, 0.25) is 0 Å². The summed E-state index contributed by atoms with van der Waals surface area (Å²) in [6.45, 7) is 4.70. The Balaban J connectivity index is 1.03. The van der Waals surface area contributed by atoms with Gasteiger partial charge in [-0.2, -0.15) is 0 Å². The first-order chi connectivity index (χ1) is 31.5. The second kappa shape index (κ2) is 15.3. The molecule has 0 unspecified atom stereocenters. The predicted molar refractivity (Wildman–Crippen MR) is 271 cm³/mol. The number of fused-ring (bicyclic) bond motifs is 6. The molecule has 0 N–H and O–H groups in total. The summed E-state index contributed by atoms with van der Waals surface area (Å²) in [5, 5.41) is 1.16. The van der Waals surface area contributed by atoms with Crippen LogP contribution in [0, 0.1) is 0 Å². The molecule has 0 bridgehead atoms. The summed E-state index contributed by atoms with van der Waals surface area (Å²) in [5.41, 5.74) is 21.1. The van der Waals surface area contributed by atoms with Gasteiger partial charge in [-0.3, -0.25) is 0 Å². The zero-order valence-corrected chi connectivity index (χ0v) is 36.4. The molecule has 2 nitrogen and oxygen atoms in total. The SMILES string of the molecule is CC1(C)c2ccccc2-c2cc(-c3cc(-c4ccccc4)cc(-c4cccc(-c5cccc(-c6nc(-c7ccccc7)c7sc8ccccc8c7n6)c5)c4)c3-c3ccccc3)ccc21. The maximum absolute atomic E-state index is 5.30. The number of hydrogen-bond acceptors (Lipinski definition) is 3. The topological polar surface area (TPSA) is 25.8 Å². The summed E-state index contributed by atoms with van der Waals surface area (Å²) in [6, 6.07) is 79.4. The molecule has 302 valence electrons. The van der Waals surface area contributed by atoms with Crippen molar-refractivity contribution in [3.63, 3.8) is 0 Å². The van der Waals surface area contributed by atoms with E-state index in [9.17, 15) is 0 Å². The minimum atomic E-state index is -0.0666. The number of aromatic nitrogens is 2. The molecule has 3 heteroatoms. The average molecular weight is 835 g/mol. The minimum absolute atomic E-state index is 0.0666. The first-order valence-electron chi connectivity index (χ1n) is 22.0. The van der Waals surface area contributed by atoms with Gasteiger partial charge in [-0.15, -0.1) is 11.3 Å². The normalized spacial score (nSPS) is 12.7. The van der Waals surface area contributed by atoms with Crippen LogP contribution in [0.1, 0.15) is 25.0 Å². The molecule has 0 radical (unpaired) electrons. The maximum Gasteiger partial charge on any atom is 0.160 e. The van der Waals surface area contributed by atoms with Crippen molar-refractivity contribution in [1.82, 2.24) is 9.97 Å². The Kier molecular flexibility index (Phi) is 9.06. The summed E-state index contributed by atoms with van der Waals surface area (Å²) >= 11 is 1.76. The van der Waals surface area contributed by atoms with E-state index in [4.69, 9.17) is 9.97 Å². The second-order valence-electron chi connectivity index (χ2n) is 17.3. The molecule has 0 amide bonds. The molecule has 11 aromatic rings. The largest absolute Gasteiger partial charge is 0.226 e. The molecule has 1 aliphatic rings. The highest BCUT2D eigenvalue weighted by Gasteiger charge is 2.35. The van der Waals surface area contributed by atoms with Crippen molar-refractivity contribution < 1.29 is 0 Å². The third-order valence-electron chi connectivity index (χ3n) is 13.1. The molecular weight excluding hydrogens is 793 g/mol.